The summed E-state index contributed by atoms with van der Waals surface area (Å²) < 4.78 is 0. The first-order valence-corrected chi connectivity index (χ1v) is 3.49. The predicted molar refractivity (Wildman–Crippen MR) is 41.1 cm³/mol. The zero-order valence-corrected chi connectivity index (χ0v) is 6.67. The van der Waals surface area contributed by atoms with Gasteiger partial charge >= 0.3 is 0 Å². The van der Waals surface area contributed by atoms with E-state index in [0.29, 0.717) is 25.9 Å². The summed E-state index contributed by atoms with van der Waals surface area (Å²) in [6.07, 6.45) is 1.01. The number of hydrogen-bond acceptors (Lipinski definition) is 4. The third-order valence-electron chi connectivity index (χ3n) is 1.18. The van der Waals surface area contributed by atoms with Crippen molar-refractivity contribution in [1.82, 2.24) is 10.4 Å². The molecule has 0 bridgehead atoms. The van der Waals surface area contributed by atoms with Crippen LogP contribution in [0.5, 0.6) is 0 Å². The van der Waals surface area contributed by atoms with Crippen molar-refractivity contribution < 1.29 is 0 Å². The SMILES string of the molecule is CN(CCC#N)NCCC#N. The summed E-state index contributed by atoms with van der Waals surface area (Å²) in [6, 6.07) is 4.07. The van der Waals surface area contributed by atoms with Crippen molar-refractivity contribution in [1.29, 1.82) is 10.5 Å². The molecule has 4 nitrogen and oxygen atoms in total. The quantitative estimate of drug-likeness (QED) is 0.453. The van der Waals surface area contributed by atoms with Crippen molar-refractivity contribution >= 4 is 0 Å². The van der Waals surface area contributed by atoms with Gasteiger partial charge in [0.15, 0.2) is 0 Å². The molecule has 0 fully saturated rings. The van der Waals surface area contributed by atoms with E-state index >= 15 is 0 Å². The van der Waals surface area contributed by atoms with E-state index in [1.807, 2.05) is 24.2 Å². The molecule has 60 valence electrons. The summed E-state index contributed by atoms with van der Waals surface area (Å²) in [7, 11) is 1.86. The van der Waals surface area contributed by atoms with Crippen LogP contribution in [0.1, 0.15) is 12.8 Å². The Kier molecular flexibility index (Phi) is 6.31. The molecule has 0 aromatic carbocycles. The average molecular weight is 152 g/mol. The Labute approximate surface area is 67.0 Å². The maximum atomic E-state index is 8.23. The molecule has 0 aromatic heterocycles. The van der Waals surface area contributed by atoms with Gasteiger partial charge in [-0.05, 0) is 0 Å². The lowest BCUT2D eigenvalue weighted by molar-refractivity contribution is 0.243. The third kappa shape index (κ3) is 6.79. The number of nitrogens with one attached hydrogen (secondary N) is 1. The zero-order valence-electron chi connectivity index (χ0n) is 6.67. The maximum absolute atomic E-state index is 8.23. The van der Waals surface area contributed by atoms with Gasteiger partial charge in [-0.1, -0.05) is 0 Å². The van der Waals surface area contributed by atoms with Crippen LogP contribution in [0, 0.1) is 22.7 Å². The van der Waals surface area contributed by atoms with Crippen molar-refractivity contribution in [3.05, 3.63) is 0 Å². The fourth-order valence-corrected chi connectivity index (χ4v) is 0.599. The van der Waals surface area contributed by atoms with E-state index in [0.717, 1.165) is 0 Å². The highest BCUT2D eigenvalue weighted by molar-refractivity contribution is 4.71. The van der Waals surface area contributed by atoms with Crippen LogP contribution in [0.4, 0.5) is 0 Å². The minimum Gasteiger partial charge on any atom is -0.254 e. The van der Waals surface area contributed by atoms with Gasteiger partial charge < -0.3 is 0 Å². The monoisotopic (exact) mass is 152 g/mol. The average Bonchev–Trinajstić information content (AvgIpc) is 2.01. The van der Waals surface area contributed by atoms with Crippen molar-refractivity contribution in [2.24, 2.45) is 0 Å². The van der Waals surface area contributed by atoms with E-state index in [9.17, 15) is 0 Å². The summed E-state index contributed by atoms with van der Waals surface area (Å²) >= 11 is 0. The molecule has 0 radical (unpaired) electrons. The zero-order chi connectivity index (χ0) is 8.53. The standard InChI is InChI=1S/C7H12N4/c1-11(7-3-5-9)10-6-2-4-8/h10H,2-3,6-7H2,1H3. The van der Waals surface area contributed by atoms with Crippen LogP contribution in [0.3, 0.4) is 0 Å². The van der Waals surface area contributed by atoms with Crippen molar-refractivity contribution in [3.8, 4) is 12.1 Å². The van der Waals surface area contributed by atoms with Crippen LogP contribution in [-0.4, -0.2) is 25.1 Å². The molecule has 0 aliphatic heterocycles. The van der Waals surface area contributed by atoms with Crippen LogP contribution in [0.2, 0.25) is 0 Å². The summed E-state index contributed by atoms with van der Waals surface area (Å²) in [5, 5.41) is 18.2. The molecular formula is C7H12N4. The Morgan fingerprint density at radius 1 is 1.27 bits per heavy atom. The molecule has 0 heterocycles. The van der Waals surface area contributed by atoms with Gasteiger partial charge in [0.25, 0.3) is 0 Å². The second-order valence-corrected chi connectivity index (χ2v) is 2.15. The van der Waals surface area contributed by atoms with E-state index in [-0.39, 0.29) is 0 Å². The second-order valence-electron chi connectivity index (χ2n) is 2.15. The van der Waals surface area contributed by atoms with E-state index in [1.165, 1.54) is 0 Å². The van der Waals surface area contributed by atoms with Crippen molar-refractivity contribution in [3.63, 3.8) is 0 Å². The normalized spacial score (nSPS) is 9.09. The van der Waals surface area contributed by atoms with E-state index in [2.05, 4.69) is 5.43 Å². The molecule has 0 unspecified atom stereocenters. The third-order valence-corrected chi connectivity index (χ3v) is 1.18. The van der Waals surface area contributed by atoms with E-state index < -0.39 is 0 Å². The summed E-state index contributed by atoms with van der Waals surface area (Å²) in [5.74, 6) is 0. The molecule has 0 atom stereocenters. The van der Waals surface area contributed by atoms with Crippen molar-refractivity contribution in [2.75, 3.05) is 20.1 Å². The summed E-state index contributed by atoms with van der Waals surface area (Å²) in [6.45, 7) is 1.35. The molecule has 0 rings (SSSR count). The van der Waals surface area contributed by atoms with Crippen LogP contribution >= 0.6 is 0 Å². The fraction of sp³-hybridized carbons (Fsp3) is 0.714. The second kappa shape index (κ2) is 7.01. The highest BCUT2D eigenvalue weighted by atomic mass is 15.5. The summed E-state index contributed by atoms with van der Waals surface area (Å²) in [5.41, 5.74) is 2.98. The van der Waals surface area contributed by atoms with Gasteiger partial charge in [-0.2, -0.15) is 10.5 Å². The largest absolute Gasteiger partial charge is 0.254 e. The molecule has 11 heavy (non-hydrogen) atoms. The minimum absolute atomic E-state index is 0.497. The van der Waals surface area contributed by atoms with Gasteiger partial charge in [0, 0.05) is 33.0 Å². The molecule has 1 N–H and O–H groups in total. The minimum atomic E-state index is 0.497. The predicted octanol–water partition coefficient (Wildman–Crippen LogP) is 0.250. The van der Waals surface area contributed by atoms with Gasteiger partial charge in [-0.3, -0.25) is 5.43 Å². The molecular weight excluding hydrogens is 140 g/mol. The maximum Gasteiger partial charge on any atom is 0.0635 e. The van der Waals surface area contributed by atoms with Crippen LogP contribution in [-0.2, 0) is 0 Å². The molecule has 0 saturated carbocycles. The Hall–Kier alpha value is -1.10. The first-order valence-electron chi connectivity index (χ1n) is 3.49. The molecule has 0 amide bonds. The molecule has 4 heteroatoms. The Morgan fingerprint density at radius 2 is 1.91 bits per heavy atom. The lowest BCUT2D eigenvalue weighted by Crippen LogP contribution is -2.35. The highest BCUT2D eigenvalue weighted by Gasteiger charge is 1.93. The van der Waals surface area contributed by atoms with Gasteiger partial charge in [0.1, 0.15) is 0 Å². The topological polar surface area (TPSA) is 62.9 Å². The van der Waals surface area contributed by atoms with Crippen LogP contribution in [0.15, 0.2) is 0 Å². The van der Waals surface area contributed by atoms with Crippen molar-refractivity contribution in [2.45, 2.75) is 12.8 Å². The number of nitriles is 2. The Balaban J connectivity index is 3.18. The first kappa shape index (κ1) is 9.90. The summed E-state index contributed by atoms with van der Waals surface area (Å²) in [4.78, 5) is 0. The lowest BCUT2D eigenvalue weighted by Gasteiger charge is -2.14. The molecule has 0 aromatic rings. The molecule has 0 aliphatic rings. The Morgan fingerprint density at radius 3 is 2.45 bits per heavy atom. The number of nitrogens with zero attached hydrogens (tertiary/aromatic N) is 3. The fourth-order valence-electron chi connectivity index (χ4n) is 0.599. The van der Waals surface area contributed by atoms with Gasteiger partial charge in [0.05, 0.1) is 12.1 Å². The van der Waals surface area contributed by atoms with E-state index in [4.69, 9.17) is 10.5 Å². The number of hydrazine groups is 1. The van der Waals surface area contributed by atoms with Crippen LogP contribution < -0.4 is 5.43 Å². The van der Waals surface area contributed by atoms with E-state index in [1.54, 1.807) is 0 Å². The molecule has 0 spiro atoms. The number of rotatable bonds is 5. The first-order chi connectivity index (χ1) is 5.31. The molecule has 0 aliphatic carbocycles. The molecule has 0 saturated heterocycles. The van der Waals surface area contributed by atoms with Gasteiger partial charge in [-0.25, -0.2) is 5.01 Å². The lowest BCUT2D eigenvalue weighted by atomic mass is 10.4. The van der Waals surface area contributed by atoms with Crippen LogP contribution in [0.25, 0.3) is 0 Å². The Bertz CT molecular complexity index is 164. The van der Waals surface area contributed by atoms with Gasteiger partial charge in [0.2, 0.25) is 0 Å². The number of hydrogen-bond donors (Lipinski definition) is 1. The highest BCUT2D eigenvalue weighted by Crippen LogP contribution is 1.80. The van der Waals surface area contributed by atoms with Gasteiger partial charge in [-0.15, -0.1) is 0 Å². The smallest absolute Gasteiger partial charge is 0.0635 e.